The predicted octanol–water partition coefficient (Wildman–Crippen LogP) is 2.23. The van der Waals surface area contributed by atoms with E-state index in [0.29, 0.717) is 6.04 Å². The molecule has 2 rings (SSSR count). The normalized spacial score (nSPS) is 24.4. The third-order valence-electron chi connectivity index (χ3n) is 4.47. The van der Waals surface area contributed by atoms with Crippen molar-refractivity contribution in [2.24, 2.45) is 11.8 Å². The van der Waals surface area contributed by atoms with Crippen LogP contribution in [0.3, 0.4) is 0 Å². The highest BCUT2D eigenvalue weighted by atomic mass is 16.2. The SMILES string of the molecule is CC1CCC(N(C)C(C(=O)NN)c2ccccc2)CC1. The molecule has 1 aromatic carbocycles. The zero-order valence-corrected chi connectivity index (χ0v) is 12.4. The fourth-order valence-electron chi connectivity index (χ4n) is 3.15. The summed E-state index contributed by atoms with van der Waals surface area (Å²) in [6, 6.07) is 10.0. The van der Waals surface area contributed by atoms with Gasteiger partial charge in [0.05, 0.1) is 0 Å². The number of benzene rings is 1. The second-order valence-corrected chi connectivity index (χ2v) is 5.90. The third kappa shape index (κ3) is 3.38. The third-order valence-corrected chi connectivity index (χ3v) is 4.47. The molecule has 1 saturated carbocycles. The summed E-state index contributed by atoms with van der Waals surface area (Å²) < 4.78 is 0. The Hall–Kier alpha value is -1.39. The van der Waals surface area contributed by atoms with Crippen LogP contribution >= 0.6 is 0 Å². The quantitative estimate of drug-likeness (QED) is 0.503. The molecule has 0 heterocycles. The first-order valence-corrected chi connectivity index (χ1v) is 7.40. The summed E-state index contributed by atoms with van der Waals surface area (Å²) in [5, 5.41) is 0. The molecule has 4 heteroatoms. The van der Waals surface area contributed by atoms with Crippen LogP contribution in [-0.4, -0.2) is 23.9 Å². The van der Waals surface area contributed by atoms with E-state index in [1.54, 1.807) is 0 Å². The van der Waals surface area contributed by atoms with E-state index < -0.39 is 0 Å². The maximum atomic E-state index is 12.2. The number of amides is 1. The highest BCUT2D eigenvalue weighted by Gasteiger charge is 2.31. The van der Waals surface area contributed by atoms with Crippen LogP contribution in [0.25, 0.3) is 0 Å². The number of hydrogen-bond acceptors (Lipinski definition) is 3. The smallest absolute Gasteiger partial charge is 0.255 e. The Kier molecular flexibility index (Phi) is 5.15. The molecule has 1 aliphatic rings. The molecule has 0 saturated heterocycles. The summed E-state index contributed by atoms with van der Waals surface area (Å²) in [7, 11) is 2.04. The summed E-state index contributed by atoms with van der Waals surface area (Å²) in [4.78, 5) is 14.4. The Labute approximate surface area is 121 Å². The number of hydrogen-bond donors (Lipinski definition) is 2. The Morgan fingerprint density at radius 3 is 2.40 bits per heavy atom. The first-order valence-electron chi connectivity index (χ1n) is 7.40. The first kappa shape index (κ1) is 15.0. The number of carbonyl (C=O) groups excluding carboxylic acids is 1. The largest absolute Gasteiger partial charge is 0.293 e. The van der Waals surface area contributed by atoms with Crippen LogP contribution in [0, 0.1) is 5.92 Å². The van der Waals surface area contributed by atoms with Crippen molar-refractivity contribution >= 4 is 5.91 Å². The van der Waals surface area contributed by atoms with Gasteiger partial charge in [0, 0.05) is 6.04 Å². The van der Waals surface area contributed by atoms with Crippen LogP contribution < -0.4 is 11.3 Å². The van der Waals surface area contributed by atoms with Crippen LogP contribution in [0.2, 0.25) is 0 Å². The molecule has 1 amide bonds. The van der Waals surface area contributed by atoms with Gasteiger partial charge in [-0.25, -0.2) is 5.84 Å². The van der Waals surface area contributed by atoms with Crippen LogP contribution in [0.1, 0.15) is 44.2 Å². The van der Waals surface area contributed by atoms with Crippen molar-refractivity contribution in [1.82, 2.24) is 10.3 Å². The van der Waals surface area contributed by atoms with Crippen LogP contribution in [-0.2, 0) is 4.79 Å². The fraction of sp³-hybridized carbons (Fsp3) is 0.562. The lowest BCUT2D eigenvalue weighted by atomic mass is 9.86. The van der Waals surface area contributed by atoms with Crippen molar-refractivity contribution in [2.45, 2.75) is 44.7 Å². The van der Waals surface area contributed by atoms with Crippen molar-refractivity contribution in [1.29, 1.82) is 0 Å². The first-order chi connectivity index (χ1) is 9.63. The molecule has 0 spiro atoms. The molecule has 3 N–H and O–H groups in total. The molecular weight excluding hydrogens is 250 g/mol. The number of likely N-dealkylation sites (N-methyl/N-ethyl adjacent to an activating group) is 1. The summed E-state index contributed by atoms with van der Waals surface area (Å²) in [5.74, 6) is 6.04. The fourth-order valence-corrected chi connectivity index (χ4v) is 3.15. The zero-order chi connectivity index (χ0) is 14.5. The minimum atomic E-state index is -0.306. The highest BCUT2D eigenvalue weighted by Crippen LogP contribution is 2.31. The second kappa shape index (κ2) is 6.86. The van der Waals surface area contributed by atoms with E-state index in [4.69, 9.17) is 5.84 Å². The number of hydrazine groups is 1. The van der Waals surface area contributed by atoms with Gasteiger partial charge in [0.15, 0.2) is 0 Å². The lowest BCUT2D eigenvalue weighted by Crippen LogP contribution is -2.46. The molecular formula is C16H25N3O. The lowest BCUT2D eigenvalue weighted by Gasteiger charge is -2.37. The lowest BCUT2D eigenvalue weighted by molar-refractivity contribution is -0.127. The van der Waals surface area contributed by atoms with Crippen molar-refractivity contribution in [3.8, 4) is 0 Å². The molecule has 4 nitrogen and oxygen atoms in total. The zero-order valence-electron chi connectivity index (χ0n) is 12.4. The highest BCUT2D eigenvalue weighted by molar-refractivity contribution is 5.82. The average Bonchev–Trinajstić information content (AvgIpc) is 2.49. The Balaban J connectivity index is 2.16. The molecule has 110 valence electrons. The van der Waals surface area contributed by atoms with E-state index in [-0.39, 0.29) is 11.9 Å². The summed E-state index contributed by atoms with van der Waals surface area (Å²) in [6.07, 6.45) is 4.78. The molecule has 0 aromatic heterocycles. The van der Waals surface area contributed by atoms with E-state index in [1.165, 1.54) is 12.8 Å². The van der Waals surface area contributed by atoms with Crippen LogP contribution in [0.15, 0.2) is 30.3 Å². The summed E-state index contributed by atoms with van der Waals surface area (Å²) in [5.41, 5.74) is 3.31. The maximum absolute atomic E-state index is 12.2. The van der Waals surface area contributed by atoms with Crippen molar-refractivity contribution in [2.75, 3.05) is 7.05 Å². The maximum Gasteiger partial charge on any atom is 0.255 e. The Bertz CT molecular complexity index is 427. The van der Waals surface area contributed by atoms with Crippen LogP contribution in [0.5, 0.6) is 0 Å². The summed E-state index contributed by atoms with van der Waals surface area (Å²) >= 11 is 0. The minimum absolute atomic E-state index is 0.141. The minimum Gasteiger partial charge on any atom is -0.293 e. The molecule has 1 aliphatic carbocycles. The molecule has 1 atom stereocenters. The van der Waals surface area contributed by atoms with Gasteiger partial charge in [-0.05, 0) is 44.2 Å². The van der Waals surface area contributed by atoms with Crippen molar-refractivity contribution < 1.29 is 4.79 Å². The van der Waals surface area contributed by atoms with Crippen molar-refractivity contribution in [3.63, 3.8) is 0 Å². The molecule has 1 aromatic rings. The average molecular weight is 275 g/mol. The van der Waals surface area contributed by atoms with Gasteiger partial charge in [0.1, 0.15) is 6.04 Å². The molecule has 1 unspecified atom stereocenters. The van der Waals surface area contributed by atoms with Gasteiger partial charge in [-0.3, -0.25) is 15.1 Å². The molecule has 20 heavy (non-hydrogen) atoms. The van der Waals surface area contributed by atoms with E-state index in [9.17, 15) is 4.79 Å². The number of carbonyl (C=O) groups is 1. The molecule has 0 bridgehead atoms. The summed E-state index contributed by atoms with van der Waals surface area (Å²) in [6.45, 7) is 2.30. The predicted molar refractivity (Wildman–Crippen MR) is 80.7 cm³/mol. The van der Waals surface area contributed by atoms with Crippen molar-refractivity contribution in [3.05, 3.63) is 35.9 Å². The van der Waals surface area contributed by atoms with Gasteiger partial charge in [0.25, 0.3) is 5.91 Å². The number of nitrogens with one attached hydrogen (secondary N) is 1. The van der Waals surface area contributed by atoms with E-state index >= 15 is 0 Å². The van der Waals surface area contributed by atoms with Gasteiger partial charge in [0.2, 0.25) is 0 Å². The molecule has 0 aliphatic heterocycles. The molecule has 1 fully saturated rings. The van der Waals surface area contributed by atoms with Gasteiger partial charge in [-0.2, -0.15) is 0 Å². The van der Waals surface area contributed by atoms with Gasteiger partial charge >= 0.3 is 0 Å². The second-order valence-electron chi connectivity index (χ2n) is 5.90. The van der Waals surface area contributed by atoms with Gasteiger partial charge in [-0.1, -0.05) is 37.3 Å². The standard InChI is InChI=1S/C16H25N3O/c1-12-8-10-14(11-9-12)19(2)15(16(20)18-17)13-6-4-3-5-7-13/h3-7,12,14-15H,8-11,17H2,1-2H3,(H,18,20). The topological polar surface area (TPSA) is 58.4 Å². The van der Waals surface area contributed by atoms with Crippen LogP contribution in [0.4, 0.5) is 0 Å². The van der Waals surface area contributed by atoms with E-state index in [2.05, 4.69) is 17.2 Å². The van der Waals surface area contributed by atoms with E-state index in [0.717, 1.165) is 24.3 Å². The van der Waals surface area contributed by atoms with Gasteiger partial charge in [-0.15, -0.1) is 0 Å². The number of nitrogens with zero attached hydrogens (tertiary/aromatic N) is 1. The number of rotatable bonds is 4. The Morgan fingerprint density at radius 1 is 1.25 bits per heavy atom. The van der Waals surface area contributed by atoms with Gasteiger partial charge < -0.3 is 0 Å². The Morgan fingerprint density at radius 2 is 1.85 bits per heavy atom. The number of nitrogens with two attached hydrogens (primary N) is 1. The monoisotopic (exact) mass is 275 g/mol. The molecule has 0 radical (unpaired) electrons. The van der Waals surface area contributed by atoms with E-state index in [1.807, 2.05) is 37.4 Å².